The Morgan fingerprint density at radius 2 is 1.91 bits per heavy atom. The Balaban J connectivity index is 1.92. The Morgan fingerprint density at radius 3 is 2.61 bits per heavy atom. The highest BCUT2D eigenvalue weighted by atomic mass is 32.2. The average molecular weight is 659 g/mol. The number of carbonyl (C=O) groups excluding carboxylic acids is 4. The van der Waals surface area contributed by atoms with Crippen LogP contribution in [0.5, 0.6) is 0 Å². The zero-order valence-corrected chi connectivity index (χ0v) is 28.8. The molecule has 2 aliphatic rings. The molecule has 2 amide bonds. The van der Waals surface area contributed by atoms with Gasteiger partial charge in [-0.3, -0.25) is 14.4 Å². The number of oxazole rings is 1. The molecule has 1 saturated heterocycles. The first kappa shape index (κ1) is 37.2. The van der Waals surface area contributed by atoms with E-state index in [4.69, 9.17) is 9.15 Å². The number of hydrogen-bond acceptors (Lipinski definition) is 10. The van der Waals surface area contributed by atoms with Gasteiger partial charge in [-0.15, -0.1) is 0 Å². The highest BCUT2D eigenvalue weighted by Crippen LogP contribution is 2.32. The molecule has 2 bridgehead atoms. The standard InChI is InChI=1S/C34H50N4O7S/c1-7-37(8-2)16-17-46-28-13-15-38-31(28)34(43)45-32(22(3)4)24(6)11-12-29(41)35-14-9-10-23(5)18-25(39)19-26(40)20-30-36-27(21-44-30)33(38)42/h9-12,18,21-22,24-25,28,31-32,39H,7-8,13-17,19-20H2,1-6H3,(H,35,41)/b10-9+,12-11+,23-18+/t24-,25-,28-,31+,32-/m1/s1. The van der Waals surface area contributed by atoms with E-state index in [1.165, 1.54) is 17.2 Å². The van der Waals surface area contributed by atoms with Crippen molar-refractivity contribution in [3.05, 3.63) is 53.8 Å². The van der Waals surface area contributed by atoms with Crippen molar-refractivity contribution in [2.45, 2.75) is 84.3 Å². The van der Waals surface area contributed by atoms with Crippen LogP contribution in [0.25, 0.3) is 0 Å². The first-order valence-corrected chi connectivity index (χ1v) is 17.3. The largest absolute Gasteiger partial charge is 0.460 e. The number of ether oxygens (including phenoxy) is 1. The highest BCUT2D eigenvalue weighted by molar-refractivity contribution is 8.00. The molecule has 11 nitrogen and oxygen atoms in total. The predicted molar refractivity (Wildman–Crippen MR) is 178 cm³/mol. The van der Waals surface area contributed by atoms with Crippen molar-refractivity contribution in [1.82, 2.24) is 20.1 Å². The molecule has 1 aromatic rings. The van der Waals surface area contributed by atoms with E-state index in [0.717, 1.165) is 31.0 Å². The van der Waals surface area contributed by atoms with Gasteiger partial charge in [0.15, 0.2) is 5.69 Å². The number of thioether (sulfide) groups is 1. The zero-order valence-electron chi connectivity index (χ0n) is 27.9. The van der Waals surface area contributed by atoms with E-state index in [-0.39, 0.29) is 59.7 Å². The van der Waals surface area contributed by atoms with Gasteiger partial charge in [-0.2, -0.15) is 11.8 Å². The number of esters is 1. The molecule has 0 saturated carbocycles. The number of rotatable bonds is 7. The Kier molecular flexibility index (Phi) is 14.7. The lowest BCUT2D eigenvalue weighted by Gasteiger charge is -2.31. The number of hydrogen-bond donors (Lipinski definition) is 2. The molecular formula is C34H50N4O7S. The van der Waals surface area contributed by atoms with Crippen LogP contribution in [0, 0.1) is 11.8 Å². The smallest absolute Gasteiger partial charge is 0.330 e. The molecule has 3 heterocycles. The number of carbonyl (C=O) groups is 4. The SMILES string of the molecule is CCN(CC)CCS[C@@H]1CCN2C(=O)c3coc(n3)CC(=O)C[C@H](O)/C=C(C)/C=C/CNC(=O)/C=C/[C@@H](C)[C@@H](C(C)C)OC(=O)[C@H]12. The molecule has 3 rings (SSSR count). The monoisotopic (exact) mass is 658 g/mol. The number of amides is 2. The molecule has 5 atom stereocenters. The van der Waals surface area contributed by atoms with Gasteiger partial charge in [-0.25, -0.2) is 9.78 Å². The summed E-state index contributed by atoms with van der Waals surface area (Å²) in [6.45, 7) is 15.2. The van der Waals surface area contributed by atoms with Gasteiger partial charge in [0.25, 0.3) is 5.91 Å². The number of nitrogens with zero attached hydrogens (tertiary/aromatic N) is 3. The molecule has 0 aromatic carbocycles. The lowest BCUT2D eigenvalue weighted by Crippen LogP contribution is -2.47. The van der Waals surface area contributed by atoms with Crippen molar-refractivity contribution in [2.24, 2.45) is 11.8 Å². The Morgan fingerprint density at radius 1 is 1.17 bits per heavy atom. The summed E-state index contributed by atoms with van der Waals surface area (Å²) in [5, 5.41) is 13.0. The molecule has 12 heteroatoms. The molecule has 254 valence electrons. The average Bonchev–Trinajstić information content (AvgIpc) is 3.65. The van der Waals surface area contributed by atoms with Crippen LogP contribution in [0.15, 0.2) is 46.6 Å². The van der Waals surface area contributed by atoms with Crippen molar-refractivity contribution < 1.29 is 33.4 Å². The summed E-state index contributed by atoms with van der Waals surface area (Å²) in [5.74, 6) is -1.01. The molecule has 0 aliphatic carbocycles. The van der Waals surface area contributed by atoms with Crippen LogP contribution < -0.4 is 5.32 Å². The number of Topliss-reactive ketones (excluding diaryl/α,β-unsaturated/α-hetero) is 1. The minimum absolute atomic E-state index is 0.0110. The maximum atomic E-state index is 14.0. The highest BCUT2D eigenvalue weighted by Gasteiger charge is 2.45. The second-order valence-electron chi connectivity index (χ2n) is 12.2. The van der Waals surface area contributed by atoms with Crippen LogP contribution in [-0.4, -0.2) is 105 Å². The molecule has 0 spiro atoms. The quantitative estimate of drug-likeness (QED) is 0.418. The molecule has 1 aromatic heterocycles. The van der Waals surface area contributed by atoms with Gasteiger partial charge >= 0.3 is 5.97 Å². The maximum Gasteiger partial charge on any atom is 0.330 e. The molecule has 1 fully saturated rings. The number of aromatic nitrogens is 1. The topological polar surface area (TPSA) is 142 Å². The number of aliphatic hydroxyl groups excluding tert-OH is 1. The minimum Gasteiger partial charge on any atom is -0.460 e. The summed E-state index contributed by atoms with van der Waals surface area (Å²) in [7, 11) is 0. The van der Waals surface area contributed by atoms with E-state index in [0.29, 0.717) is 13.0 Å². The van der Waals surface area contributed by atoms with E-state index >= 15 is 0 Å². The second-order valence-corrected chi connectivity index (χ2v) is 13.6. The normalized spacial score (nSPS) is 28.4. The van der Waals surface area contributed by atoms with Crippen LogP contribution in [0.1, 0.15) is 70.8 Å². The number of allylic oxidation sites excluding steroid dienone is 2. The van der Waals surface area contributed by atoms with Crippen molar-refractivity contribution in [3.8, 4) is 0 Å². The summed E-state index contributed by atoms with van der Waals surface area (Å²) >= 11 is 1.66. The number of cyclic esters (lactones) is 1. The molecule has 0 unspecified atom stereocenters. The molecule has 2 aliphatic heterocycles. The van der Waals surface area contributed by atoms with Crippen molar-refractivity contribution in [3.63, 3.8) is 0 Å². The van der Waals surface area contributed by atoms with Gasteiger partial charge in [-0.1, -0.05) is 64.5 Å². The van der Waals surface area contributed by atoms with E-state index < -0.39 is 30.1 Å². The Hall–Kier alpha value is -3.22. The first-order valence-electron chi connectivity index (χ1n) is 16.2. The Labute approximate surface area is 276 Å². The van der Waals surface area contributed by atoms with E-state index in [1.54, 1.807) is 43.0 Å². The summed E-state index contributed by atoms with van der Waals surface area (Å²) in [6, 6.07) is -0.838. The lowest BCUT2D eigenvalue weighted by atomic mass is 9.94. The number of ketones is 1. The van der Waals surface area contributed by atoms with E-state index in [1.807, 2.05) is 20.8 Å². The van der Waals surface area contributed by atoms with Crippen LogP contribution in [0.3, 0.4) is 0 Å². The second kappa shape index (κ2) is 18.2. The van der Waals surface area contributed by atoms with Gasteiger partial charge in [-0.05, 0) is 38.4 Å². The van der Waals surface area contributed by atoms with Crippen molar-refractivity contribution in [2.75, 3.05) is 38.5 Å². The minimum atomic E-state index is -1.02. The fourth-order valence-corrected chi connectivity index (χ4v) is 7.09. The summed E-state index contributed by atoms with van der Waals surface area (Å²) < 4.78 is 11.6. The zero-order chi connectivity index (χ0) is 33.8. The maximum absolute atomic E-state index is 14.0. The third-order valence-corrected chi connectivity index (χ3v) is 9.58. The van der Waals surface area contributed by atoms with Crippen molar-refractivity contribution in [1.29, 1.82) is 0 Å². The third kappa shape index (κ3) is 10.9. The summed E-state index contributed by atoms with van der Waals surface area (Å²) in [4.78, 5) is 61.0. The van der Waals surface area contributed by atoms with Crippen molar-refractivity contribution >= 4 is 35.3 Å². The lowest BCUT2D eigenvalue weighted by molar-refractivity contribution is -0.157. The van der Waals surface area contributed by atoms with Crippen LogP contribution >= 0.6 is 11.8 Å². The third-order valence-electron chi connectivity index (χ3n) is 8.24. The molecule has 0 radical (unpaired) electrons. The van der Waals surface area contributed by atoms with Crippen LogP contribution in [0.4, 0.5) is 0 Å². The predicted octanol–water partition coefficient (Wildman–Crippen LogP) is 3.59. The fraction of sp³-hybridized carbons (Fsp3) is 0.618. The number of fused-ring (bicyclic) bond motifs is 3. The van der Waals surface area contributed by atoms with Gasteiger partial charge < -0.3 is 29.4 Å². The van der Waals surface area contributed by atoms with Gasteiger partial charge in [0, 0.05) is 43.0 Å². The molecule has 46 heavy (non-hydrogen) atoms. The molecular weight excluding hydrogens is 608 g/mol. The Bertz CT molecular complexity index is 1290. The number of aliphatic hydroxyl groups is 1. The van der Waals surface area contributed by atoms with Gasteiger partial charge in [0.2, 0.25) is 11.8 Å². The summed E-state index contributed by atoms with van der Waals surface area (Å²) in [5.41, 5.74) is 0.740. The van der Waals surface area contributed by atoms with Crippen LogP contribution in [0.2, 0.25) is 0 Å². The van der Waals surface area contributed by atoms with Crippen LogP contribution in [-0.2, 0) is 25.5 Å². The fourth-order valence-electron chi connectivity index (χ4n) is 5.71. The van der Waals surface area contributed by atoms with Gasteiger partial charge in [0.05, 0.1) is 12.5 Å². The number of nitrogens with one attached hydrogen (secondary N) is 1. The first-order chi connectivity index (χ1) is 21.9. The van der Waals surface area contributed by atoms with E-state index in [9.17, 15) is 24.3 Å². The van der Waals surface area contributed by atoms with Gasteiger partial charge in [0.1, 0.15) is 24.2 Å². The molecule has 2 N–H and O–H groups in total. The van der Waals surface area contributed by atoms with E-state index in [2.05, 4.69) is 29.0 Å². The summed E-state index contributed by atoms with van der Waals surface area (Å²) in [6.07, 6.45) is 8.17.